The van der Waals surface area contributed by atoms with Gasteiger partial charge in [-0.2, -0.15) is 0 Å². The highest BCUT2D eigenvalue weighted by Crippen LogP contribution is 2.11. The highest BCUT2D eigenvalue weighted by molar-refractivity contribution is 5.79. The molecular formula is C15H24N2O2. The fraction of sp³-hybridized carbons (Fsp3) is 0.533. The first-order chi connectivity index (χ1) is 8.94. The molecule has 0 aliphatic rings. The van der Waals surface area contributed by atoms with E-state index in [0.717, 1.165) is 5.75 Å². The van der Waals surface area contributed by atoms with Crippen molar-refractivity contribution in [2.45, 2.75) is 32.7 Å². The zero-order valence-electron chi connectivity index (χ0n) is 12.0. The standard InChI is InChI=1S/C15H24N2O2/c1-12(14(18)17-15(2,3)11-16)9-10-19-13-7-5-4-6-8-13/h4-8,12H,9-11,16H2,1-3H3,(H,17,18). The molecule has 4 heteroatoms. The number of carbonyl (C=O) groups excluding carboxylic acids is 1. The predicted molar refractivity (Wildman–Crippen MR) is 77.0 cm³/mol. The Morgan fingerprint density at radius 3 is 2.58 bits per heavy atom. The second-order valence-electron chi connectivity index (χ2n) is 5.43. The van der Waals surface area contributed by atoms with Gasteiger partial charge in [0.1, 0.15) is 5.75 Å². The van der Waals surface area contributed by atoms with Crippen LogP contribution in [0.5, 0.6) is 5.75 Å². The van der Waals surface area contributed by atoms with Crippen molar-refractivity contribution in [1.82, 2.24) is 5.32 Å². The van der Waals surface area contributed by atoms with Crippen molar-refractivity contribution in [3.8, 4) is 5.75 Å². The summed E-state index contributed by atoms with van der Waals surface area (Å²) in [6.07, 6.45) is 0.682. The minimum absolute atomic E-state index is 0.0205. The van der Waals surface area contributed by atoms with Gasteiger partial charge in [-0.05, 0) is 32.4 Å². The number of carbonyl (C=O) groups is 1. The molecule has 1 aromatic carbocycles. The Balaban J connectivity index is 2.31. The van der Waals surface area contributed by atoms with E-state index in [-0.39, 0.29) is 17.4 Å². The third kappa shape index (κ3) is 5.75. The number of nitrogens with one attached hydrogen (secondary N) is 1. The molecule has 0 radical (unpaired) electrons. The van der Waals surface area contributed by atoms with Gasteiger partial charge in [0, 0.05) is 18.0 Å². The quantitative estimate of drug-likeness (QED) is 0.791. The minimum Gasteiger partial charge on any atom is -0.494 e. The molecule has 1 unspecified atom stereocenters. The number of para-hydroxylation sites is 1. The summed E-state index contributed by atoms with van der Waals surface area (Å²) in [4.78, 5) is 11.9. The lowest BCUT2D eigenvalue weighted by molar-refractivity contribution is -0.126. The van der Waals surface area contributed by atoms with Gasteiger partial charge < -0.3 is 15.8 Å². The first-order valence-electron chi connectivity index (χ1n) is 6.64. The van der Waals surface area contributed by atoms with E-state index in [1.54, 1.807) is 0 Å². The van der Waals surface area contributed by atoms with Crippen molar-refractivity contribution in [3.63, 3.8) is 0 Å². The number of amides is 1. The largest absolute Gasteiger partial charge is 0.494 e. The van der Waals surface area contributed by atoms with Crippen molar-refractivity contribution in [1.29, 1.82) is 0 Å². The van der Waals surface area contributed by atoms with E-state index >= 15 is 0 Å². The number of benzene rings is 1. The summed E-state index contributed by atoms with van der Waals surface area (Å²) in [6.45, 7) is 6.68. The fourth-order valence-corrected chi connectivity index (χ4v) is 1.51. The van der Waals surface area contributed by atoms with E-state index in [1.807, 2.05) is 51.1 Å². The van der Waals surface area contributed by atoms with Crippen LogP contribution in [0.2, 0.25) is 0 Å². The summed E-state index contributed by atoms with van der Waals surface area (Å²) >= 11 is 0. The van der Waals surface area contributed by atoms with Gasteiger partial charge in [-0.1, -0.05) is 25.1 Å². The zero-order valence-corrected chi connectivity index (χ0v) is 12.0. The van der Waals surface area contributed by atoms with Crippen LogP contribution in [0.1, 0.15) is 27.2 Å². The molecule has 0 spiro atoms. The van der Waals surface area contributed by atoms with Crippen LogP contribution in [0.3, 0.4) is 0 Å². The number of rotatable bonds is 7. The van der Waals surface area contributed by atoms with Crippen LogP contribution in [-0.2, 0) is 4.79 Å². The molecule has 0 aliphatic heterocycles. The van der Waals surface area contributed by atoms with E-state index in [1.165, 1.54) is 0 Å². The normalized spacial score (nSPS) is 12.8. The molecule has 0 aliphatic carbocycles. The molecule has 1 amide bonds. The van der Waals surface area contributed by atoms with Crippen LogP contribution in [0.15, 0.2) is 30.3 Å². The van der Waals surface area contributed by atoms with E-state index in [9.17, 15) is 4.79 Å². The highest BCUT2D eigenvalue weighted by atomic mass is 16.5. The summed E-state index contributed by atoms with van der Waals surface area (Å²) in [5, 5.41) is 2.93. The van der Waals surface area contributed by atoms with Crippen molar-refractivity contribution in [3.05, 3.63) is 30.3 Å². The highest BCUT2D eigenvalue weighted by Gasteiger charge is 2.21. The Labute approximate surface area is 115 Å². The van der Waals surface area contributed by atoms with Crippen LogP contribution >= 0.6 is 0 Å². The second-order valence-corrected chi connectivity index (χ2v) is 5.43. The van der Waals surface area contributed by atoms with Gasteiger partial charge in [0.05, 0.1) is 6.61 Å². The average molecular weight is 264 g/mol. The number of ether oxygens (including phenoxy) is 1. The Bertz CT molecular complexity index is 390. The van der Waals surface area contributed by atoms with Gasteiger partial charge in [-0.15, -0.1) is 0 Å². The van der Waals surface area contributed by atoms with Crippen LogP contribution in [0.4, 0.5) is 0 Å². The minimum atomic E-state index is -0.356. The predicted octanol–water partition coefficient (Wildman–Crippen LogP) is 1.95. The molecule has 0 heterocycles. The lowest BCUT2D eigenvalue weighted by Crippen LogP contribution is -2.50. The molecule has 1 aromatic rings. The zero-order chi connectivity index (χ0) is 14.3. The summed E-state index contributed by atoms with van der Waals surface area (Å²) in [6, 6.07) is 9.60. The maximum absolute atomic E-state index is 11.9. The second kappa shape index (κ2) is 7.14. The molecule has 19 heavy (non-hydrogen) atoms. The molecule has 0 bridgehead atoms. The first kappa shape index (κ1) is 15.5. The van der Waals surface area contributed by atoms with E-state index in [4.69, 9.17) is 10.5 Å². The van der Waals surface area contributed by atoms with Crippen LogP contribution in [-0.4, -0.2) is 24.6 Å². The summed E-state index contributed by atoms with van der Waals surface area (Å²) in [5.74, 6) is 0.763. The smallest absolute Gasteiger partial charge is 0.223 e. The van der Waals surface area contributed by atoms with Crippen LogP contribution < -0.4 is 15.8 Å². The van der Waals surface area contributed by atoms with Gasteiger partial charge in [-0.3, -0.25) is 4.79 Å². The van der Waals surface area contributed by atoms with E-state index in [0.29, 0.717) is 19.6 Å². The molecule has 4 nitrogen and oxygen atoms in total. The summed E-state index contributed by atoms with van der Waals surface area (Å²) in [5.41, 5.74) is 5.24. The Kier molecular flexibility index (Phi) is 5.83. The molecule has 106 valence electrons. The van der Waals surface area contributed by atoms with E-state index < -0.39 is 0 Å². The van der Waals surface area contributed by atoms with Gasteiger partial charge in [-0.25, -0.2) is 0 Å². The average Bonchev–Trinajstić information content (AvgIpc) is 2.39. The third-order valence-electron chi connectivity index (χ3n) is 2.98. The van der Waals surface area contributed by atoms with Gasteiger partial charge in [0.25, 0.3) is 0 Å². The Hall–Kier alpha value is -1.55. The molecule has 3 N–H and O–H groups in total. The number of hydrogen-bond acceptors (Lipinski definition) is 3. The number of nitrogens with two attached hydrogens (primary N) is 1. The van der Waals surface area contributed by atoms with Gasteiger partial charge in [0.15, 0.2) is 0 Å². The fourth-order valence-electron chi connectivity index (χ4n) is 1.51. The summed E-state index contributed by atoms with van der Waals surface area (Å²) in [7, 11) is 0. The molecule has 0 saturated heterocycles. The maximum Gasteiger partial charge on any atom is 0.223 e. The Morgan fingerprint density at radius 1 is 1.37 bits per heavy atom. The topological polar surface area (TPSA) is 64.3 Å². The van der Waals surface area contributed by atoms with E-state index in [2.05, 4.69) is 5.32 Å². The van der Waals surface area contributed by atoms with Crippen LogP contribution in [0.25, 0.3) is 0 Å². The van der Waals surface area contributed by atoms with Crippen LogP contribution in [0, 0.1) is 5.92 Å². The lowest BCUT2D eigenvalue weighted by atomic mass is 10.0. The summed E-state index contributed by atoms with van der Waals surface area (Å²) < 4.78 is 5.58. The van der Waals surface area contributed by atoms with Crippen molar-refractivity contribution < 1.29 is 9.53 Å². The van der Waals surface area contributed by atoms with Gasteiger partial charge >= 0.3 is 0 Å². The van der Waals surface area contributed by atoms with Gasteiger partial charge in [0.2, 0.25) is 5.91 Å². The molecule has 1 atom stereocenters. The Morgan fingerprint density at radius 2 is 2.00 bits per heavy atom. The van der Waals surface area contributed by atoms with Crippen molar-refractivity contribution in [2.75, 3.05) is 13.2 Å². The molecular weight excluding hydrogens is 240 g/mol. The number of hydrogen-bond donors (Lipinski definition) is 2. The third-order valence-corrected chi connectivity index (χ3v) is 2.98. The molecule has 0 aromatic heterocycles. The molecule has 1 rings (SSSR count). The molecule has 0 fully saturated rings. The first-order valence-corrected chi connectivity index (χ1v) is 6.64. The van der Waals surface area contributed by atoms with Crippen molar-refractivity contribution >= 4 is 5.91 Å². The lowest BCUT2D eigenvalue weighted by Gasteiger charge is -2.26. The molecule has 0 saturated carbocycles. The maximum atomic E-state index is 11.9. The monoisotopic (exact) mass is 264 g/mol. The van der Waals surface area contributed by atoms with Crippen molar-refractivity contribution in [2.24, 2.45) is 11.7 Å². The SMILES string of the molecule is CC(CCOc1ccccc1)C(=O)NC(C)(C)CN.